The van der Waals surface area contributed by atoms with Crippen LogP contribution in [0.4, 0.5) is 0 Å². The molecule has 0 fully saturated rings. The molecule has 1 aliphatic heterocycles. The van der Waals surface area contributed by atoms with E-state index in [1.54, 1.807) is 18.2 Å². The van der Waals surface area contributed by atoms with E-state index in [0.29, 0.717) is 21.6 Å². The fourth-order valence-corrected chi connectivity index (χ4v) is 4.50. The van der Waals surface area contributed by atoms with Crippen LogP contribution < -0.4 is 4.18 Å². The van der Waals surface area contributed by atoms with E-state index in [1.165, 1.54) is 23.1 Å². The molecule has 1 aromatic heterocycles. The van der Waals surface area contributed by atoms with Gasteiger partial charge in [-0.2, -0.15) is 0 Å². The number of hydrogen-bond acceptors (Lipinski definition) is 7. The van der Waals surface area contributed by atoms with Crippen molar-refractivity contribution >= 4 is 55.4 Å². The topological polar surface area (TPSA) is 88.9 Å². The van der Waals surface area contributed by atoms with Crippen molar-refractivity contribution < 1.29 is 18.3 Å². The molecule has 1 unspecified atom stereocenters. The van der Waals surface area contributed by atoms with Gasteiger partial charge in [0.25, 0.3) is 0 Å². The number of carbonyl (C=O) groups is 1. The number of rotatable bonds is 4. The van der Waals surface area contributed by atoms with Gasteiger partial charge >= 0.3 is 5.97 Å². The van der Waals surface area contributed by atoms with Crippen molar-refractivity contribution in [2.75, 3.05) is 5.75 Å². The lowest BCUT2D eigenvalue weighted by Gasteiger charge is -2.16. The lowest BCUT2D eigenvalue weighted by atomic mass is 10.3. The van der Waals surface area contributed by atoms with Gasteiger partial charge in [0.1, 0.15) is 15.8 Å². The van der Waals surface area contributed by atoms with Crippen LogP contribution in [0.25, 0.3) is 10.2 Å². The summed E-state index contributed by atoms with van der Waals surface area (Å²) in [7, 11) is 0. The van der Waals surface area contributed by atoms with Gasteiger partial charge in [0.05, 0.1) is 15.0 Å². The number of benzene rings is 1. The minimum atomic E-state index is -1.45. The molecule has 2 heterocycles. The number of aromatic nitrogens is 1. The molecule has 128 valence electrons. The Morgan fingerprint density at radius 1 is 1.42 bits per heavy atom. The second kappa shape index (κ2) is 6.45. The van der Waals surface area contributed by atoms with Gasteiger partial charge in [-0.05, 0) is 32.9 Å². The van der Waals surface area contributed by atoms with Crippen molar-refractivity contribution in [2.45, 2.75) is 31.6 Å². The van der Waals surface area contributed by atoms with Crippen LogP contribution >= 0.6 is 23.1 Å². The van der Waals surface area contributed by atoms with E-state index in [2.05, 4.69) is 9.98 Å². The molecule has 0 saturated carbocycles. The van der Waals surface area contributed by atoms with Crippen molar-refractivity contribution in [3.8, 4) is 5.75 Å². The van der Waals surface area contributed by atoms with Crippen LogP contribution in [-0.2, 0) is 15.9 Å². The van der Waals surface area contributed by atoms with Crippen LogP contribution in [0.3, 0.4) is 0 Å². The highest BCUT2D eigenvalue weighted by Crippen LogP contribution is 2.32. The van der Waals surface area contributed by atoms with Crippen molar-refractivity contribution in [2.24, 2.45) is 4.99 Å². The average Bonchev–Trinajstić information content (AvgIpc) is 3.12. The van der Waals surface area contributed by atoms with Gasteiger partial charge in [0, 0.05) is 11.8 Å². The normalized spacial score (nSPS) is 19.3. The summed E-state index contributed by atoms with van der Waals surface area (Å²) in [6.07, 6.45) is 0. The van der Waals surface area contributed by atoms with E-state index < -0.39 is 27.8 Å². The Labute approximate surface area is 150 Å². The SMILES string of the molecule is CC(C)(C)S(=O)Oc1ccc2nc(C3=N[C@@H](C(=O)O)CS3)sc2c1. The lowest BCUT2D eigenvalue weighted by molar-refractivity contribution is -0.137. The maximum absolute atomic E-state index is 12.1. The number of aliphatic imine (C=N–C) groups is 1. The van der Waals surface area contributed by atoms with E-state index in [0.717, 1.165) is 10.2 Å². The zero-order valence-corrected chi connectivity index (χ0v) is 15.8. The van der Waals surface area contributed by atoms with Gasteiger partial charge in [-0.1, -0.05) is 0 Å². The molecule has 6 nitrogen and oxygen atoms in total. The molecular weight excluding hydrogens is 368 g/mol. The Morgan fingerprint density at radius 2 is 2.17 bits per heavy atom. The summed E-state index contributed by atoms with van der Waals surface area (Å²) in [5, 5.41) is 10.4. The maximum Gasteiger partial charge on any atom is 0.329 e. The average molecular weight is 385 g/mol. The Balaban J connectivity index is 1.86. The number of thioether (sulfide) groups is 1. The summed E-state index contributed by atoms with van der Waals surface area (Å²) < 4.78 is 18.0. The standard InChI is InChI=1S/C15H16N2O4S3/c1-15(2,3)24(20)21-8-4-5-9-11(6-8)23-13(16-9)12-17-10(7-22-12)14(18)19/h4-6,10H,7H2,1-3H3,(H,18,19)/t10-,24?/m1/s1. The minimum Gasteiger partial charge on any atom is -0.480 e. The van der Waals surface area contributed by atoms with Crippen LogP contribution in [0.1, 0.15) is 25.8 Å². The predicted octanol–water partition coefficient (Wildman–Crippen LogP) is 3.08. The molecule has 24 heavy (non-hydrogen) atoms. The number of fused-ring (bicyclic) bond motifs is 1. The summed E-state index contributed by atoms with van der Waals surface area (Å²) in [5.41, 5.74) is 0.783. The summed E-state index contributed by atoms with van der Waals surface area (Å²) >= 11 is 1.38. The third-order valence-corrected chi connectivity index (χ3v) is 6.70. The van der Waals surface area contributed by atoms with E-state index >= 15 is 0 Å². The third kappa shape index (κ3) is 3.62. The second-order valence-electron chi connectivity index (χ2n) is 6.18. The summed E-state index contributed by atoms with van der Waals surface area (Å²) in [6.45, 7) is 5.54. The predicted molar refractivity (Wildman–Crippen MR) is 98.6 cm³/mol. The number of nitrogens with zero attached hydrogens (tertiary/aromatic N) is 2. The molecular formula is C15H16N2O4S3. The Bertz CT molecular complexity index is 854. The van der Waals surface area contributed by atoms with Crippen molar-refractivity contribution in [3.05, 3.63) is 23.2 Å². The van der Waals surface area contributed by atoms with Gasteiger partial charge in [-0.25, -0.2) is 14.0 Å². The van der Waals surface area contributed by atoms with Crippen molar-refractivity contribution in [1.29, 1.82) is 0 Å². The van der Waals surface area contributed by atoms with Crippen LogP contribution in [0.5, 0.6) is 5.75 Å². The van der Waals surface area contributed by atoms with Crippen molar-refractivity contribution in [1.82, 2.24) is 4.98 Å². The fourth-order valence-electron chi connectivity index (χ4n) is 1.88. The molecule has 0 amide bonds. The first-order chi connectivity index (χ1) is 11.2. The Morgan fingerprint density at radius 3 is 2.79 bits per heavy atom. The molecule has 2 aromatic rings. The third-order valence-electron chi connectivity index (χ3n) is 3.15. The first-order valence-corrected chi connectivity index (χ1v) is 10.1. The minimum absolute atomic E-state index is 0.430. The number of carboxylic acids is 1. The Kier molecular flexibility index (Phi) is 4.67. The lowest BCUT2D eigenvalue weighted by Crippen LogP contribution is -2.25. The first-order valence-electron chi connectivity index (χ1n) is 7.18. The molecule has 9 heteroatoms. The smallest absolute Gasteiger partial charge is 0.329 e. The van der Waals surface area contributed by atoms with Gasteiger partial charge in [0.2, 0.25) is 11.1 Å². The fraction of sp³-hybridized carbons (Fsp3) is 0.400. The zero-order valence-electron chi connectivity index (χ0n) is 13.3. The summed E-state index contributed by atoms with van der Waals surface area (Å²) in [4.78, 5) is 19.7. The van der Waals surface area contributed by atoms with Gasteiger partial charge in [-0.15, -0.1) is 23.1 Å². The number of aliphatic carboxylic acids is 1. The zero-order chi connectivity index (χ0) is 17.5. The molecule has 1 aliphatic rings. The number of carboxylic acid groups (broad SMARTS) is 1. The number of thiazole rings is 1. The van der Waals surface area contributed by atoms with Gasteiger partial charge in [0.15, 0.2) is 6.04 Å². The van der Waals surface area contributed by atoms with E-state index in [1.807, 2.05) is 20.8 Å². The molecule has 3 rings (SSSR count). The first kappa shape index (κ1) is 17.4. The molecule has 0 radical (unpaired) electrons. The quantitative estimate of drug-likeness (QED) is 0.871. The summed E-state index contributed by atoms with van der Waals surface area (Å²) in [6, 6.07) is 4.64. The van der Waals surface area contributed by atoms with Crippen LogP contribution in [0.15, 0.2) is 23.2 Å². The highest BCUT2D eigenvalue weighted by Gasteiger charge is 2.27. The largest absolute Gasteiger partial charge is 0.480 e. The maximum atomic E-state index is 12.1. The molecule has 2 atom stereocenters. The van der Waals surface area contributed by atoms with Gasteiger partial charge < -0.3 is 9.29 Å². The van der Waals surface area contributed by atoms with Crippen LogP contribution in [-0.4, -0.2) is 41.9 Å². The van der Waals surface area contributed by atoms with Crippen molar-refractivity contribution in [3.63, 3.8) is 0 Å². The molecule has 1 N–H and O–H groups in total. The molecule has 1 aromatic carbocycles. The van der Waals surface area contributed by atoms with Crippen LogP contribution in [0.2, 0.25) is 0 Å². The molecule has 0 aliphatic carbocycles. The Hall–Kier alpha value is -1.45. The van der Waals surface area contributed by atoms with Gasteiger partial charge in [-0.3, -0.25) is 4.99 Å². The van der Waals surface area contributed by atoms with E-state index in [-0.39, 0.29) is 0 Å². The molecule has 0 saturated heterocycles. The van der Waals surface area contributed by atoms with E-state index in [4.69, 9.17) is 9.29 Å². The highest BCUT2D eigenvalue weighted by molar-refractivity contribution is 8.15. The second-order valence-corrected chi connectivity index (χ2v) is 10.1. The van der Waals surface area contributed by atoms with Crippen LogP contribution in [0, 0.1) is 0 Å². The highest BCUT2D eigenvalue weighted by atomic mass is 32.2. The molecule has 0 bridgehead atoms. The summed E-state index contributed by atoms with van der Waals surface area (Å²) in [5.74, 6) is 0.0359. The van der Waals surface area contributed by atoms with E-state index in [9.17, 15) is 9.00 Å². The monoisotopic (exact) mass is 384 g/mol. The number of hydrogen-bond donors (Lipinski definition) is 1. The molecule has 0 spiro atoms.